The van der Waals surface area contributed by atoms with Crippen LogP contribution in [0, 0.1) is 5.82 Å². The highest BCUT2D eigenvalue weighted by atomic mass is 79.9. The molecule has 3 heterocycles. The van der Waals surface area contributed by atoms with Gasteiger partial charge in [-0.1, -0.05) is 23.5 Å². The fraction of sp³-hybridized carbons (Fsp3) is 0.0769. The lowest BCUT2D eigenvalue weighted by Crippen LogP contribution is -1.95. The normalized spacial score (nSPS) is 11.4. The van der Waals surface area contributed by atoms with Gasteiger partial charge in [0.1, 0.15) is 11.5 Å². The van der Waals surface area contributed by atoms with Crippen LogP contribution in [0.15, 0.2) is 34.9 Å². The second-order valence-electron chi connectivity index (χ2n) is 4.60. The predicted molar refractivity (Wildman–Crippen MR) is 84.0 cm³/mol. The molecule has 0 atom stereocenters. The van der Waals surface area contributed by atoms with Crippen molar-refractivity contribution in [3.05, 3.63) is 40.8 Å². The second-order valence-corrected chi connectivity index (χ2v) is 6.41. The third kappa shape index (κ3) is 2.04. The number of hydrogen-bond acceptors (Lipinski definition) is 5. The molecule has 9 heteroatoms. The van der Waals surface area contributed by atoms with E-state index in [2.05, 4.69) is 36.3 Å². The van der Waals surface area contributed by atoms with Gasteiger partial charge in [-0.25, -0.2) is 4.39 Å². The van der Waals surface area contributed by atoms with Gasteiger partial charge in [-0.05, 0) is 28.1 Å². The highest BCUT2D eigenvalue weighted by Gasteiger charge is 2.18. The summed E-state index contributed by atoms with van der Waals surface area (Å²) in [4.78, 5) is 0.641. The summed E-state index contributed by atoms with van der Waals surface area (Å²) in [6.45, 7) is 0. The highest BCUT2D eigenvalue weighted by Crippen LogP contribution is 2.32. The Kier molecular flexibility index (Phi) is 3.05. The Morgan fingerprint density at radius 3 is 2.86 bits per heavy atom. The molecule has 3 aromatic heterocycles. The third-order valence-corrected chi connectivity index (χ3v) is 4.66. The summed E-state index contributed by atoms with van der Waals surface area (Å²) < 4.78 is 17.6. The Hall–Kier alpha value is -2.13. The Balaban J connectivity index is 1.90. The molecule has 0 saturated heterocycles. The number of fused-ring (bicyclic) bond motifs is 1. The summed E-state index contributed by atoms with van der Waals surface area (Å²) in [5.41, 5.74) is 1.49. The molecule has 110 valence electrons. The molecule has 0 radical (unpaired) electrons. The van der Waals surface area contributed by atoms with Crippen molar-refractivity contribution in [3.63, 3.8) is 0 Å². The maximum absolute atomic E-state index is 13.4. The lowest BCUT2D eigenvalue weighted by molar-refractivity contribution is 0.628. The lowest BCUT2D eigenvalue weighted by atomic mass is 10.2. The van der Waals surface area contributed by atoms with Crippen LogP contribution in [-0.2, 0) is 7.05 Å². The average molecular weight is 379 g/mol. The first-order valence-corrected chi connectivity index (χ1v) is 7.90. The van der Waals surface area contributed by atoms with Crippen LogP contribution in [0.5, 0.6) is 0 Å². The molecule has 0 aliphatic rings. The summed E-state index contributed by atoms with van der Waals surface area (Å²) in [5, 5.41) is 17.7. The number of aryl methyl sites for hydroxylation is 1. The molecular formula is C13H8BrFN6S. The zero-order chi connectivity index (χ0) is 15.3. The monoisotopic (exact) mass is 378 g/mol. The quantitative estimate of drug-likeness (QED) is 0.537. The number of hydrogen-bond donors (Lipinski definition) is 0. The van der Waals surface area contributed by atoms with E-state index in [1.165, 1.54) is 23.5 Å². The summed E-state index contributed by atoms with van der Waals surface area (Å²) in [5.74, 6) is 0.189. The lowest BCUT2D eigenvalue weighted by Gasteiger charge is -1.98. The third-order valence-electron chi connectivity index (χ3n) is 3.17. The van der Waals surface area contributed by atoms with E-state index in [1.807, 2.05) is 7.05 Å². The van der Waals surface area contributed by atoms with Gasteiger partial charge >= 0.3 is 0 Å². The molecule has 0 aliphatic carbocycles. The smallest absolute Gasteiger partial charge is 0.235 e. The largest absolute Gasteiger partial charge is 0.264 e. The van der Waals surface area contributed by atoms with Gasteiger partial charge in [0.15, 0.2) is 10.8 Å². The molecule has 1 aromatic carbocycles. The highest BCUT2D eigenvalue weighted by molar-refractivity contribution is 9.10. The Labute approximate surface area is 136 Å². The van der Waals surface area contributed by atoms with Crippen LogP contribution in [-0.4, -0.2) is 29.6 Å². The van der Waals surface area contributed by atoms with Crippen molar-refractivity contribution in [2.24, 2.45) is 7.05 Å². The minimum atomic E-state index is -0.320. The molecule has 0 amide bonds. The van der Waals surface area contributed by atoms with E-state index in [0.717, 1.165) is 15.2 Å². The van der Waals surface area contributed by atoms with Gasteiger partial charge in [0, 0.05) is 12.6 Å². The summed E-state index contributed by atoms with van der Waals surface area (Å²) in [6.07, 6.45) is 1.71. The van der Waals surface area contributed by atoms with Crippen LogP contribution in [0.3, 0.4) is 0 Å². The molecule has 0 bridgehead atoms. The second kappa shape index (κ2) is 4.96. The fourth-order valence-electron chi connectivity index (χ4n) is 2.17. The Bertz CT molecular complexity index is 968. The maximum atomic E-state index is 13.4. The molecule has 0 spiro atoms. The Morgan fingerprint density at radius 2 is 2.14 bits per heavy atom. The van der Waals surface area contributed by atoms with Gasteiger partial charge in [0.25, 0.3) is 0 Å². The van der Waals surface area contributed by atoms with E-state index < -0.39 is 0 Å². The number of benzene rings is 1. The van der Waals surface area contributed by atoms with Crippen molar-refractivity contribution in [2.45, 2.75) is 0 Å². The van der Waals surface area contributed by atoms with Crippen molar-refractivity contribution < 1.29 is 4.39 Å². The minimum Gasteiger partial charge on any atom is -0.264 e. The zero-order valence-corrected chi connectivity index (χ0v) is 13.6. The minimum absolute atomic E-state index is 0.320. The Morgan fingerprint density at radius 1 is 1.27 bits per heavy atom. The van der Waals surface area contributed by atoms with E-state index in [9.17, 15) is 4.39 Å². The van der Waals surface area contributed by atoms with Gasteiger partial charge in [0.05, 0.1) is 10.7 Å². The summed E-state index contributed by atoms with van der Waals surface area (Å²) in [6, 6.07) is 6.21. The fourth-order valence-corrected chi connectivity index (χ4v) is 3.77. The van der Waals surface area contributed by atoms with Crippen LogP contribution >= 0.6 is 27.3 Å². The molecule has 0 fully saturated rings. The number of halogens is 2. The molecule has 22 heavy (non-hydrogen) atoms. The van der Waals surface area contributed by atoms with E-state index in [4.69, 9.17) is 0 Å². The van der Waals surface area contributed by atoms with E-state index in [0.29, 0.717) is 16.3 Å². The molecule has 0 saturated carbocycles. The van der Waals surface area contributed by atoms with Crippen molar-refractivity contribution >= 4 is 32.2 Å². The first-order chi connectivity index (χ1) is 10.6. The van der Waals surface area contributed by atoms with Crippen LogP contribution in [0.25, 0.3) is 27.1 Å². The number of aromatic nitrogens is 6. The molecule has 4 rings (SSSR count). The van der Waals surface area contributed by atoms with E-state index >= 15 is 0 Å². The average Bonchev–Trinajstić information content (AvgIpc) is 3.13. The molecular weight excluding hydrogens is 371 g/mol. The van der Waals surface area contributed by atoms with Gasteiger partial charge in [0.2, 0.25) is 4.96 Å². The predicted octanol–water partition coefficient (Wildman–Crippen LogP) is 3.15. The molecule has 0 N–H and O–H groups in total. The summed E-state index contributed by atoms with van der Waals surface area (Å²) >= 11 is 4.86. The van der Waals surface area contributed by atoms with E-state index in [1.54, 1.807) is 27.5 Å². The van der Waals surface area contributed by atoms with Gasteiger partial charge < -0.3 is 0 Å². The number of nitrogens with zero attached hydrogens (tertiary/aromatic N) is 6. The van der Waals surface area contributed by atoms with Crippen LogP contribution in [0.4, 0.5) is 4.39 Å². The SMILES string of the molecule is Cn1ncc(Br)c1-c1nn2c(-c3cccc(F)c3)nnc2s1. The molecule has 0 aliphatic heterocycles. The topological polar surface area (TPSA) is 60.9 Å². The van der Waals surface area contributed by atoms with Crippen molar-refractivity contribution in [1.82, 2.24) is 29.6 Å². The van der Waals surface area contributed by atoms with E-state index in [-0.39, 0.29) is 5.82 Å². The van der Waals surface area contributed by atoms with Crippen molar-refractivity contribution in [2.75, 3.05) is 0 Å². The molecule has 4 aromatic rings. The standard InChI is InChI=1S/C13H8BrFN6S/c1-20-10(9(14)6-16-20)12-19-21-11(17-18-13(21)22-12)7-3-2-4-8(15)5-7/h2-6H,1H3. The van der Waals surface area contributed by atoms with Gasteiger partial charge in [-0.3, -0.25) is 4.68 Å². The van der Waals surface area contributed by atoms with Crippen LogP contribution < -0.4 is 0 Å². The molecule has 6 nitrogen and oxygen atoms in total. The maximum Gasteiger partial charge on any atom is 0.235 e. The van der Waals surface area contributed by atoms with Crippen molar-refractivity contribution in [3.8, 4) is 22.1 Å². The summed E-state index contributed by atoms with van der Waals surface area (Å²) in [7, 11) is 1.84. The first kappa shape index (κ1) is 13.5. The van der Waals surface area contributed by atoms with Crippen molar-refractivity contribution in [1.29, 1.82) is 0 Å². The number of rotatable bonds is 2. The van der Waals surface area contributed by atoms with Gasteiger partial charge in [-0.15, -0.1) is 10.2 Å². The van der Waals surface area contributed by atoms with Crippen LogP contribution in [0.2, 0.25) is 0 Å². The molecule has 0 unspecified atom stereocenters. The van der Waals surface area contributed by atoms with Gasteiger partial charge in [-0.2, -0.15) is 14.7 Å². The van der Waals surface area contributed by atoms with Crippen LogP contribution in [0.1, 0.15) is 0 Å². The first-order valence-electron chi connectivity index (χ1n) is 6.29. The zero-order valence-electron chi connectivity index (χ0n) is 11.2.